The standard InChI is InChI=1S/C15H12BrF/c16-11-14-4-2-1-3-13(14)8-5-12-6-9-15(17)10-7-12/h1-10H,11H2. The third-order valence-corrected chi connectivity index (χ3v) is 3.13. The Morgan fingerprint density at radius 3 is 2.35 bits per heavy atom. The van der Waals surface area contributed by atoms with E-state index in [1.54, 1.807) is 12.1 Å². The zero-order valence-corrected chi connectivity index (χ0v) is 10.8. The molecule has 0 unspecified atom stereocenters. The molecule has 2 aromatic rings. The van der Waals surface area contributed by atoms with Crippen molar-refractivity contribution in [3.63, 3.8) is 0 Å². The van der Waals surface area contributed by atoms with Crippen LogP contribution in [0.15, 0.2) is 48.5 Å². The summed E-state index contributed by atoms with van der Waals surface area (Å²) in [5, 5.41) is 0.830. The van der Waals surface area contributed by atoms with Crippen molar-refractivity contribution in [1.82, 2.24) is 0 Å². The second kappa shape index (κ2) is 5.78. The molecule has 0 aliphatic heterocycles. The molecule has 2 aromatic carbocycles. The van der Waals surface area contributed by atoms with Crippen molar-refractivity contribution in [2.75, 3.05) is 0 Å². The fraction of sp³-hybridized carbons (Fsp3) is 0.0667. The number of benzene rings is 2. The zero-order chi connectivity index (χ0) is 12.1. The zero-order valence-electron chi connectivity index (χ0n) is 9.24. The SMILES string of the molecule is Fc1ccc(C=Cc2ccccc2CBr)cc1. The minimum atomic E-state index is -0.206. The summed E-state index contributed by atoms with van der Waals surface area (Å²) in [5.41, 5.74) is 3.41. The van der Waals surface area contributed by atoms with Gasteiger partial charge in [-0.1, -0.05) is 64.5 Å². The van der Waals surface area contributed by atoms with Crippen LogP contribution in [-0.4, -0.2) is 0 Å². The van der Waals surface area contributed by atoms with Gasteiger partial charge in [0, 0.05) is 5.33 Å². The van der Waals surface area contributed by atoms with Gasteiger partial charge in [0.15, 0.2) is 0 Å². The topological polar surface area (TPSA) is 0 Å². The molecule has 86 valence electrons. The molecule has 17 heavy (non-hydrogen) atoms. The number of halogens is 2. The van der Waals surface area contributed by atoms with Gasteiger partial charge in [0.05, 0.1) is 0 Å². The highest BCUT2D eigenvalue weighted by molar-refractivity contribution is 9.08. The van der Waals surface area contributed by atoms with Crippen LogP contribution < -0.4 is 0 Å². The molecule has 0 saturated heterocycles. The Labute approximate surface area is 109 Å². The normalized spacial score (nSPS) is 10.9. The average Bonchev–Trinajstić information content (AvgIpc) is 2.38. The Kier molecular flexibility index (Phi) is 4.10. The molecule has 0 aliphatic carbocycles. The number of hydrogen-bond acceptors (Lipinski definition) is 0. The molecule has 0 aromatic heterocycles. The molecule has 0 radical (unpaired) electrons. The third kappa shape index (κ3) is 3.27. The van der Waals surface area contributed by atoms with Crippen molar-refractivity contribution in [3.05, 3.63) is 71.0 Å². The van der Waals surface area contributed by atoms with Crippen molar-refractivity contribution in [2.24, 2.45) is 0 Å². The maximum absolute atomic E-state index is 12.7. The van der Waals surface area contributed by atoms with E-state index in [1.165, 1.54) is 23.3 Å². The summed E-state index contributed by atoms with van der Waals surface area (Å²) in [4.78, 5) is 0. The maximum atomic E-state index is 12.7. The molecule has 0 bridgehead atoms. The Morgan fingerprint density at radius 2 is 1.65 bits per heavy atom. The molecular formula is C15H12BrF. The van der Waals surface area contributed by atoms with E-state index in [-0.39, 0.29) is 5.82 Å². The molecule has 0 atom stereocenters. The fourth-order valence-electron chi connectivity index (χ4n) is 1.58. The average molecular weight is 291 g/mol. The van der Waals surface area contributed by atoms with Crippen LogP contribution >= 0.6 is 15.9 Å². The number of hydrogen-bond donors (Lipinski definition) is 0. The van der Waals surface area contributed by atoms with Crippen LogP contribution in [0.4, 0.5) is 4.39 Å². The Balaban J connectivity index is 2.22. The summed E-state index contributed by atoms with van der Waals surface area (Å²) in [7, 11) is 0. The van der Waals surface area contributed by atoms with E-state index in [0.29, 0.717) is 0 Å². The van der Waals surface area contributed by atoms with Crippen LogP contribution in [0.1, 0.15) is 16.7 Å². The summed E-state index contributed by atoms with van der Waals surface area (Å²) >= 11 is 3.46. The first kappa shape index (κ1) is 12.1. The highest BCUT2D eigenvalue weighted by Crippen LogP contribution is 2.16. The first-order chi connectivity index (χ1) is 8.29. The number of alkyl halides is 1. The van der Waals surface area contributed by atoms with E-state index in [9.17, 15) is 4.39 Å². The van der Waals surface area contributed by atoms with Gasteiger partial charge < -0.3 is 0 Å². The van der Waals surface area contributed by atoms with Crippen LogP contribution in [0.25, 0.3) is 12.2 Å². The van der Waals surface area contributed by atoms with E-state index in [4.69, 9.17) is 0 Å². The quantitative estimate of drug-likeness (QED) is 0.558. The molecule has 0 fully saturated rings. The van der Waals surface area contributed by atoms with Crippen molar-refractivity contribution in [3.8, 4) is 0 Å². The molecule has 0 amide bonds. The van der Waals surface area contributed by atoms with Crippen LogP contribution in [-0.2, 0) is 5.33 Å². The minimum absolute atomic E-state index is 0.206. The monoisotopic (exact) mass is 290 g/mol. The van der Waals surface area contributed by atoms with E-state index in [0.717, 1.165) is 10.9 Å². The predicted octanol–water partition coefficient (Wildman–Crippen LogP) is 4.89. The van der Waals surface area contributed by atoms with Crippen LogP contribution in [0.3, 0.4) is 0 Å². The largest absolute Gasteiger partial charge is 0.207 e. The van der Waals surface area contributed by atoms with E-state index in [2.05, 4.69) is 28.1 Å². The summed E-state index contributed by atoms with van der Waals surface area (Å²) in [5.74, 6) is -0.206. The molecule has 0 aliphatic rings. The second-order valence-corrected chi connectivity index (χ2v) is 4.28. The molecule has 2 rings (SSSR count). The lowest BCUT2D eigenvalue weighted by Crippen LogP contribution is -1.82. The van der Waals surface area contributed by atoms with Crippen molar-refractivity contribution in [2.45, 2.75) is 5.33 Å². The minimum Gasteiger partial charge on any atom is -0.207 e. The molecule has 0 nitrogen and oxygen atoms in total. The van der Waals surface area contributed by atoms with Gasteiger partial charge >= 0.3 is 0 Å². The lowest BCUT2D eigenvalue weighted by atomic mass is 10.1. The molecule has 0 N–H and O–H groups in total. The van der Waals surface area contributed by atoms with Gasteiger partial charge in [-0.3, -0.25) is 0 Å². The lowest BCUT2D eigenvalue weighted by molar-refractivity contribution is 0.628. The van der Waals surface area contributed by atoms with Gasteiger partial charge in [-0.2, -0.15) is 0 Å². The molecule has 0 heterocycles. The fourth-order valence-corrected chi connectivity index (χ4v) is 2.09. The third-order valence-electron chi connectivity index (χ3n) is 2.52. The van der Waals surface area contributed by atoms with Crippen LogP contribution in [0.5, 0.6) is 0 Å². The van der Waals surface area contributed by atoms with Crippen molar-refractivity contribution < 1.29 is 4.39 Å². The smallest absolute Gasteiger partial charge is 0.123 e. The van der Waals surface area contributed by atoms with Crippen molar-refractivity contribution >= 4 is 28.1 Å². The van der Waals surface area contributed by atoms with Gasteiger partial charge in [0.1, 0.15) is 5.82 Å². The van der Waals surface area contributed by atoms with E-state index >= 15 is 0 Å². The van der Waals surface area contributed by atoms with Gasteiger partial charge in [-0.25, -0.2) is 4.39 Å². The van der Waals surface area contributed by atoms with E-state index in [1.807, 2.05) is 24.3 Å². The van der Waals surface area contributed by atoms with Gasteiger partial charge in [0.25, 0.3) is 0 Å². The highest BCUT2D eigenvalue weighted by atomic mass is 79.9. The molecule has 0 saturated carbocycles. The van der Waals surface area contributed by atoms with Gasteiger partial charge in [-0.15, -0.1) is 0 Å². The summed E-state index contributed by atoms with van der Waals surface area (Å²) in [6.45, 7) is 0. The summed E-state index contributed by atoms with van der Waals surface area (Å²) in [6.07, 6.45) is 4.03. The van der Waals surface area contributed by atoms with Gasteiger partial charge in [-0.05, 0) is 28.8 Å². The number of rotatable bonds is 3. The Hall–Kier alpha value is -1.41. The second-order valence-electron chi connectivity index (χ2n) is 3.72. The Bertz CT molecular complexity index is 515. The lowest BCUT2D eigenvalue weighted by Gasteiger charge is -2.01. The van der Waals surface area contributed by atoms with Crippen LogP contribution in [0, 0.1) is 5.82 Å². The molecule has 2 heteroatoms. The first-order valence-electron chi connectivity index (χ1n) is 5.37. The van der Waals surface area contributed by atoms with Crippen LogP contribution in [0.2, 0.25) is 0 Å². The Morgan fingerprint density at radius 1 is 0.941 bits per heavy atom. The summed E-state index contributed by atoms with van der Waals surface area (Å²) in [6, 6.07) is 14.6. The van der Waals surface area contributed by atoms with E-state index < -0.39 is 0 Å². The van der Waals surface area contributed by atoms with Crippen molar-refractivity contribution in [1.29, 1.82) is 0 Å². The maximum Gasteiger partial charge on any atom is 0.123 e. The summed E-state index contributed by atoms with van der Waals surface area (Å²) < 4.78 is 12.7. The first-order valence-corrected chi connectivity index (χ1v) is 6.49. The molecular weight excluding hydrogens is 279 g/mol. The van der Waals surface area contributed by atoms with Gasteiger partial charge in [0.2, 0.25) is 0 Å². The predicted molar refractivity (Wildman–Crippen MR) is 74.4 cm³/mol. The highest BCUT2D eigenvalue weighted by Gasteiger charge is 1.95. The molecule has 0 spiro atoms.